The number of hydrogen-bond donors (Lipinski definition) is 0. The summed E-state index contributed by atoms with van der Waals surface area (Å²) in [5, 5.41) is 0. The standard InChI is InChI=1S/C5H2O4/c6-2-3-1-4(7)9-5(3)8/h1H2. The van der Waals surface area contributed by atoms with E-state index < -0.39 is 11.9 Å². The van der Waals surface area contributed by atoms with E-state index in [1.807, 2.05) is 0 Å². The highest BCUT2D eigenvalue weighted by atomic mass is 16.6. The van der Waals surface area contributed by atoms with Crippen LogP contribution < -0.4 is 0 Å². The van der Waals surface area contributed by atoms with Gasteiger partial charge < -0.3 is 4.74 Å². The number of cyclic esters (lactones) is 2. The van der Waals surface area contributed by atoms with Crippen LogP contribution in [-0.4, -0.2) is 17.9 Å². The quantitative estimate of drug-likeness (QED) is 0.185. The van der Waals surface area contributed by atoms with Gasteiger partial charge in [-0.15, -0.1) is 0 Å². The minimum atomic E-state index is -0.866. The van der Waals surface area contributed by atoms with E-state index in [4.69, 9.17) is 0 Å². The van der Waals surface area contributed by atoms with E-state index in [9.17, 15) is 14.4 Å². The van der Waals surface area contributed by atoms with E-state index in [2.05, 4.69) is 4.74 Å². The van der Waals surface area contributed by atoms with Crippen molar-refractivity contribution in [1.29, 1.82) is 0 Å². The molecule has 46 valence electrons. The molecule has 0 aromatic carbocycles. The van der Waals surface area contributed by atoms with Crippen LogP contribution in [-0.2, 0) is 19.1 Å². The number of ether oxygens (including phenoxy) is 1. The smallest absolute Gasteiger partial charge is 0.353 e. The molecule has 0 bridgehead atoms. The Hall–Kier alpha value is -1.41. The third-order valence-corrected chi connectivity index (χ3v) is 0.897. The summed E-state index contributed by atoms with van der Waals surface area (Å²) < 4.78 is 3.99. The number of esters is 2. The molecule has 4 heteroatoms. The van der Waals surface area contributed by atoms with Crippen LogP contribution >= 0.6 is 0 Å². The lowest BCUT2D eigenvalue weighted by atomic mass is 10.3. The lowest BCUT2D eigenvalue weighted by Crippen LogP contribution is -1.96. The minimum absolute atomic E-state index is 0.222. The number of rotatable bonds is 0. The largest absolute Gasteiger partial charge is 0.389 e. The molecule has 1 aliphatic rings. The highest BCUT2D eigenvalue weighted by Crippen LogP contribution is 2.10. The second-order valence-corrected chi connectivity index (χ2v) is 1.52. The van der Waals surface area contributed by atoms with Crippen molar-refractivity contribution in [3.05, 3.63) is 5.57 Å². The van der Waals surface area contributed by atoms with Crippen molar-refractivity contribution in [3.63, 3.8) is 0 Å². The highest BCUT2D eigenvalue weighted by molar-refractivity contribution is 6.10. The number of carbonyl (C=O) groups is 2. The Morgan fingerprint density at radius 1 is 1.44 bits per heavy atom. The SMILES string of the molecule is O=C=C1CC(=O)OC1=O. The molecule has 9 heavy (non-hydrogen) atoms. The Bertz CT molecular complexity index is 221. The van der Waals surface area contributed by atoms with Crippen LogP contribution in [0.4, 0.5) is 0 Å². The molecule has 0 unspecified atom stereocenters. The molecule has 1 aliphatic heterocycles. The third kappa shape index (κ3) is 0.876. The van der Waals surface area contributed by atoms with Gasteiger partial charge >= 0.3 is 11.9 Å². The molecule has 0 aromatic heterocycles. The van der Waals surface area contributed by atoms with Gasteiger partial charge in [0.1, 0.15) is 11.5 Å². The van der Waals surface area contributed by atoms with Gasteiger partial charge in [-0.1, -0.05) is 0 Å². The van der Waals surface area contributed by atoms with Crippen LogP contribution in [0.2, 0.25) is 0 Å². The Kier molecular flexibility index (Phi) is 1.17. The highest BCUT2D eigenvalue weighted by Gasteiger charge is 2.27. The van der Waals surface area contributed by atoms with E-state index in [-0.39, 0.29) is 12.0 Å². The van der Waals surface area contributed by atoms with Crippen LogP contribution in [0.25, 0.3) is 0 Å². The number of carbonyl (C=O) groups excluding carboxylic acids is 3. The van der Waals surface area contributed by atoms with Gasteiger partial charge in [-0.05, 0) is 0 Å². The van der Waals surface area contributed by atoms with Gasteiger partial charge in [-0.25, -0.2) is 9.59 Å². The van der Waals surface area contributed by atoms with Crippen molar-refractivity contribution in [3.8, 4) is 0 Å². The molecular weight excluding hydrogens is 124 g/mol. The summed E-state index contributed by atoms with van der Waals surface area (Å²) in [6.07, 6.45) is -0.234. The third-order valence-electron chi connectivity index (χ3n) is 0.897. The first-order chi connectivity index (χ1) is 4.24. The molecule has 1 fully saturated rings. The van der Waals surface area contributed by atoms with Gasteiger partial charge in [0.25, 0.3) is 0 Å². The fourth-order valence-corrected chi connectivity index (χ4v) is 0.495. The molecule has 0 saturated carbocycles. The average Bonchev–Trinajstić information content (AvgIpc) is 2.10. The molecular formula is C5H2O4. The summed E-state index contributed by atoms with van der Waals surface area (Å²) in [5.74, 6) is -0.232. The summed E-state index contributed by atoms with van der Waals surface area (Å²) in [4.78, 5) is 30.2. The molecule has 0 atom stereocenters. The second-order valence-electron chi connectivity index (χ2n) is 1.52. The van der Waals surface area contributed by atoms with Crippen molar-refractivity contribution < 1.29 is 19.1 Å². The van der Waals surface area contributed by atoms with Crippen LogP contribution in [0.15, 0.2) is 5.57 Å². The van der Waals surface area contributed by atoms with Crippen LogP contribution in [0.3, 0.4) is 0 Å². The van der Waals surface area contributed by atoms with E-state index in [0.717, 1.165) is 0 Å². The van der Waals surface area contributed by atoms with Crippen molar-refractivity contribution in [2.75, 3.05) is 0 Å². The normalized spacial score (nSPS) is 17.6. The first-order valence-corrected chi connectivity index (χ1v) is 2.23. The summed E-state index contributed by atoms with van der Waals surface area (Å²) in [6, 6.07) is 0. The van der Waals surface area contributed by atoms with E-state index in [1.165, 1.54) is 5.94 Å². The van der Waals surface area contributed by atoms with E-state index in [0.29, 0.717) is 0 Å². The molecule has 0 N–H and O–H groups in total. The molecule has 1 rings (SSSR count). The summed E-state index contributed by atoms with van der Waals surface area (Å²) >= 11 is 0. The minimum Gasteiger partial charge on any atom is -0.389 e. The molecule has 1 heterocycles. The first kappa shape index (κ1) is 5.72. The number of hydrogen-bond acceptors (Lipinski definition) is 4. The predicted octanol–water partition coefficient (Wildman–Crippen LogP) is -0.782. The zero-order valence-electron chi connectivity index (χ0n) is 4.34. The predicted molar refractivity (Wildman–Crippen MR) is 24.9 cm³/mol. The zero-order valence-corrected chi connectivity index (χ0v) is 4.34. The first-order valence-electron chi connectivity index (χ1n) is 2.23. The van der Waals surface area contributed by atoms with E-state index >= 15 is 0 Å². The Labute approximate surface area is 50.1 Å². The lowest BCUT2D eigenvalue weighted by Gasteiger charge is -1.79. The van der Waals surface area contributed by atoms with Crippen LogP contribution in [0.5, 0.6) is 0 Å². The van der Waals surface area contributed by atoms with Gasteiger partial charge in [0.15, 0.2) is 0 Å². The Balaban J connectivity index is 2.94. The topological polar surface area (TPSA) is 60.4 Å². The maximum absolute atomic E-state index is 10.3. The second kappa shape index (κ2) is 1.84. The summed E-state index contributed by atoms with van der Waals surface area (Å²) in [7, 11) is 0. The van der Waals surface area contributed by atoms with Crippen molar-refractivity contribution in [2.24, 2.45) is 0 Å². The van der Waals surface area contributed by atoms with Gasteiger partial charge in [0.2, 0.25) is 0 Å². The van der Waals surface area contributed by atoms with Gasteiger partial charge in [-0.3, -0.25) is 4.79 Å². The summed E-state index contributed by atoms with van der Waals surface area (Å²) in [5.41, 5.74) is -0.222. The fourth-order valence-electron chi connectivity index (χ4n) is 0.495. The average molecular weight is 126 g/mol. The molecule has 0 spiro atoms. The molecule has 0 amide bonds. The van der Waals surface area contributed by atoms with Crippen LogP contribution in [0.1, 0.15) is 6.42 Å². The summed E-state index contributed by atoms with van der Waals surface area (Å²) in [6.45, 7) is 0. The fraction of sp³-hybridized carbons (Fsp3) is 0.200. The molecule has 4 nitrogen and oxygen atoms in total. The van der Waals surface area contributed by atoms with Gasteiger partial charge in [0, 0.05) is 0 Å². The molecule has 0 radical (unpaired) electrons. The maximum atomic E-state index is 10.3. The van der Waals surface area contributed by atoms with Gasteiger partial charge in [-0.2, -0.15) is 0 Å². The molecule has 1 saturated heterocycles. The van der Waals surface area contributed by atoms with E-state index in [1.54, 1.807) is 0 Å². The zero-order chi connectivity index (χ0) is 6.85. The van der Waals surface area contributed by atoms with Gasteiger partial charge in [0.05, 0.1) is 6.42 Å². The monoisotopic (exact) mass is 126 g/mol. The van der Waals surface area contributed by atoms with Crippen LogP contribution in [0, 0.1) is 0 Å². The van der Waals surface area contributed by atoms with Crippen molar-refractivity contribution >= 4 is 17.9 Å². The maximum Gasteiger partial charge on any atom is 0.353 e. The lowest BCUT2D eigenvalue weighted by molar-refractivity contribution is -0.151. The van der Waals surface area contributed by atoms with Crippen molar-refractivity contribution in [2.45, 2.75) is 6.42 Å². The molecule has 0 aromatic rings. The molecule has 0 aliphatic carbocycles. The Morgan fingerprint density at radius 2 is 2.11 bits per heavy atom. The Morgan fingerprint density at radius 3 is 2.33 bits per heavy atom. The van der Waals surface area contributed by atoms with Crippen molar-refractivity contribution in [1.82, 2.24) is 0 Å².